The molecule has 5 heteroatoms. The minimum atomic E-state index is -0.114. The summed E-state index contributed by atoms with van der Waals surface area (Å²) in [5.74, 6) is 1.19. The fraction of sp³-hybridized carbons (Fsp3) is 0.714. The summed E-state index contributed by atoms with van der Waals surface area (Å²) in [5, 5.41) is 6.65. The molecule has 0 amide bonds. The van der Waals surface area contributed by atoms with Gasteiger partial charge in [0.15, 0.2) is 0 Å². The summed E-state index contributed by atoms with van der Waals surface area (Å²) >= 11 is 0. The molecule has 0 radical (unpaired) electrons. The highest BCUT2D eigenvalue weighted by Crippen LogP contribution is 2.19. The lowest BCUT2D eigenvalue weighted by Gasteiger charge is -2.23. The van der Waals surface area contributed by atoms with Crippen LogP contribution in [0.4, 0.5) is 5.95 Å². The number of rotatable bonds is 3. The van der Waals surface area contributed by atoms with E-state index in [1.54, 1.807) is 6.07 Å². The van der Waals surface area contributed by atoms with Crippen molar-refractivity contribution in [3.05, 3.63) is 22.1 Å². The number of aromatic amines is 1. The molecular formula is C14H24N4O. The molecule has 5 nitrogen and oxygen atoms in total. The van der Waals surface area contributed by atoms with Gasteiger partial charge < -0.3 is 10.6 Å². The summed E-state index contributed by atoms with van der Waals surface area (Å²) in [6.07, 6.45) is 2.45. The van der Waals surface area contributed by atoms with Gasteiger partial charge in [-0.3, -0.25) is 9.78 Å². The van der Waals surface area contributed by atoms with Gasteiger partial charge in [-0.15, -0.1) is 0 Å². The van der Waals surface area contributed by atoms with E-state index in [4.69, 9.17) is 0 Å². The number of hydrogen-bond acceptors (Lipinski definition) is 4. The second-order valence-corrected chi connectivity index (χ2v) is 6.32. The molecule has 0 aromatic carbocycles. The third kappa shape index (κ3) is 4.06. The monoisotopic (exact) mass is 264 g/mol. The summed E-state index contributed by atoms with van der Waals surface area (Å²) in [5.41, 5.74) is 0.613. The first-order chi connectivity index (χ1) is 8.95. The molecule has 1 saturated heterocycles. The molecule has 1 unspecified atom stereocenters. The molecule has 1 fully saturated rings. The molecule has 2 rings (SSSR count). The topological polar surface area (TPSA) is 69.8 Å². The molecule has 0 aliphatic carbocycles. The molecule has 0 spiro atoms. The summed E-state index contributed by atoms with van der Waals surface area (Å²) < 4.78 is 0. The molecule has 0 bridgehead atoms. The van der Waals surface area contributed by atoms with Gasteiger partial charge in [0.1, 0.15) is 0 Å². The van der Waals surface area contributed by atoms with E-state index >= 15 is 0 Å². The van der Waals surface area contributed by atoms with E-state index in [1.807, 2.05) is 0 Å². The van der Waals surface area contributed by atoms with Crippen LogP contribution in [-0.4, -0.2) is 29.6 Å². The highest BCUT2D eigenvalue weighted by Gasteiger charge is 2.18. The van der Waals surface area contributed by atoms with Gasteiger partial charge in [-0.05, 0) is 31.8 Å². The number of piperidine rings is 1. The highest BCUT2D eigenvalue weighted by molar-refractivity contribution is 5.27. The average molecular weight is 264 g/mol. The summed E-state index contributed by atoms with van der Waals surface area (Å²) in [6.45, 7) is 9.18. The first kappa shape index (κ1) is 14.1. The van der Waals surface area contributed by atoms with Crippen LogP contribution in [0.2, 0.25) is 0 Å². The quantitative estimate of drug-likeness (QED) is 0.773. The Morgan fingerprint density at radius 1 is 1.47 bits per heavy atom. The molecule has 3 N–H and O–H groups in total. The van der Waals surface area contributed by atoms with Crippen LogP contribution in [0.25, 0.3) is 0 Å². The Morgan fingerprint density at radius 3 is 2.89 bits per heavy atom. The molecular weight excluding hydrogens is 240 g/mol. The van der Waals surface area contributed by atoms with Crippen LogP contribution in [-0.2, 0) is 5.41 Å². The maximum absolute atomic E-state index is 11.7. The van der Waals surface area contributed by atoms with Crippen molar-refractivity contribution >= 4 is 5.95 Å². The van der Waals surface area contributed by atoms with E-state index < -0.39 is 0 Å². The maximum Gasteiger partial charge on any atom is 0.252 e. The van der Waals surface area contributed by atoms with Crippen molar-refractivity contribution in [1.29, 1.82) is 0 Å². The van der Waals surface area contributed by atoms with Crippen molar-refractivity contribution in [3.8, 4) is 0 Å². The Hall–Kier alpha value is -1.36. The van der Waals surface area contributed by atoms with Crippen molar-refractivity contribution in [2.45, 2.75) is 39.0 Å². The van der Waals surface area contributed by atoms with Crippen molar-refractivity contribution in [2.75, 3.05) is 25.0 Å². The molecule has 106 valence electrons. The molecule has 1 atom stereocenters. The second kappa shape index (κ2) is 5.74. The number of hydrogen-bond donors (Lipinski definition) is 3. The number of nitrogens with zero attached hydrogens (tertiary/aromatic N) is 1. The van der Waals surface area contributed by atoms with Crippen LogP contribution in [0.1, 0.15) is 39.3 Å². The normalized spacial score (nSPS) is 20.3. The largest absolute Gasteiger partial charge is 0.355 e. The molecule has 0 saturated carbocycles. The number of H-pyrrole nitrogens is 1. The Kier molecular flexibility index (Phi) is 4.24. The predicted molar refractivity (Wildman–Crippen MR) is 77.6 cm³/mol. The zero-order chi connectivity index (χ0) is 13.9. The molecule has 19 heavy (non-hydrogen) atoms. The smallest absolute Gasteiger partial charge is 0.252 e. The number of anilines is 1. The summed E-state index contributed by atoms with van der Waals surface area (Å²) in [6, 6.07) is 1.58. The Balaban J connectivity index is 2.03. The zero-order valence-electron chi connectivity index (χ0n) is 12.0. The third-order valence-electron chi connectivity index (χ3n) is 3.47. The van der Waals surface area contributed by atoms with Crippen LogP contribution in [0, 0.1) is 5.92 Å². The van der Waals surface area contributed by atoms with E-state index in [-0.39, 0.29) is 11.0 Å². The van der Waals surface area contributed by atoms with E-state index in [9.17, 15) is 4.79 Å². The van der Waals surface area contributed by atoms with E-state index in [0.29, 0.717) is 11.9 Å². The van der Waals surface area contributed by atoms with Gasteiger partial charge >= 0.3 is 0 Å². The zero-order valence-corrected chi connectivity index (χ0v) is 12.0. The molecule has 1 aliphatic rings. The van der Waals surface area contributed by atoms with E-state index in [1.165, 1.54) is 12.8 Å². The fourth-order valence-electron chi connectivity index (χ4n) is 2.26. The van der Waals surface area contributed by atoms with Crippen molar-refractivity contribution < 1.29 is 0 Å². The first-order valence-electron chi connectivity index (χ1n) is 7.01. The SMILES string of the molecule is CC(C)(C)c1cc(=O)[nH]c(NCC2CCCNC2)n1. The summed E-state index contributed by atoms with van der Waals surface area (Å²) in [4.78, 5) is 18.9. The van der Waals surface area contributed by atoms with Gasteiger partial charge in [0.05, 0.1) is 5.69 Å². The Morgan fingerprint density at radius 2 is 2.26 bits per heavy atom. The van der Waals surface area contributed by atoms with Gasteiger partial charge in [-0.25, -0.2) is 4.98 Å². The number of nitrogens with one attached hydrogen (secondary N) is 3. The lowest BCUT2D eigenvalue weighted by Crippen LogP contribution is -2.34. The third-order valence-corrected chi connectivity index (χ3v) is 3.47. The van der Waals surface area contributed by atoms with Gasteiger partial charge in [0.25, 0.3) is 5.56 Å². The molecule has 2 heterocycles. The predicted octanol–water partition coefficient (Wildman–Crippen LogP) is 1.48. The highest BCUT2D eigenvalue weighted by atomic mass is 16.1. The van der Waals surface area contributed by atoms with Crippen LogP contribution >= 0.6 is 0 Å². The first-order valence-corrected chi connectivity index (χ1v) is 7.01. The van der Waals surface area contributed by atoms with Crippen molar-refractivity contribution in [2.24, 2.45) is 5.92 Å². The van der Waals surface area contributed by atoms with Crippen molar-refractivity contribution in [1.82, 2.24) is 15.3 Å². The van der Waals surface area contributed by atoms with Gasteiger partial charge in [0.2, 0.25) is 5.95 Å². The Labute approximate surface area is 114 Å². The van der Waals surface area contributed by atoms with E-state index in [0.717, 1.165) is 25.3 Å². The van der Waals surface area contributed by atoms with Crippen LogP contribution in [0.3, 0.4) is 0 Å². The van der Waals surface area contributed by atoms with Crippen molar-refractivity contribution in [3.63, 3.8) is 0 Å². The van der Waals surface area contributed by atoms with Crippen LogP contribution < -0.4 is 16.2 Å². The minimum absolute atomic E-state index is 0.0933. The molecule has 1 aromatic heterocycles. The van der Waals surface area contributed by atoms with Crippen LogP contribution in [0.5, 0.6) is 0 Å². The van der Waals surface area contributed by atoms with Gasteiger partial charge in [-0.2, -0.15) is 0 Å². The molecule has 1 aromatic rings. The summed E-state index contributed by atoms with van der Waals surface area (Å²) in [7, 11) is 0. The van der Waals surface area contributed by atoms with E-state index in [2.05, 4.69) is 41.4 Å². The Bertz CT molecular complexity index is 469. The standard InChI is InChI=1S/C14H24N4O/c1-14(2,3)11-7-12(19)18-13(17-11)16-9-10-5-4-6-15-8-10/h7,10,15H,4-6,8-9H2,1-3H3,(H2,16,17,18,19). The second-order valence-electron chi connectivity index (χ2n) is 6.32. The minimum Gasteiger partial charge on any atom is -0.355 e. The number of aromatic nitrogens is 2. The fourth-order valence-corrected chi connectivity index (χ4v) is 2.26. The average Bonchev–Trinajstić information content (AvgIpc) is 2.36. The van der Waals surface area contributed by atoms with Crippen LogP contribution in [0.15, 0.2) is 10.9 Å². The molecule has 1 aliphatic heterocycles. The maximum atomic E-state index is 11.7. The lowest BCUT2D eigenvalue weighted by molar-refractivity contribution is 0.392. The van der Waals surface area contributed by atoms with Gasteiger partial charge in [0, 0.05) is 18.0 Å². The van der Waals surface area contributed by atoms with Gasteiger partial charge in [-0.1, -0.05) is 20.8 Å². The lowest BCUT2D eigenvalue weighted by atomic mass is 9.92.